The molecule has 1 heterocycles. The molecule has 2 rings (SSSR count). The van der Waals surface area contributed by atoms with Crippen LogP contribution in [0.2, 0.25) is 0 Å². The number of nitrogens with zero attached hydrogens (tertiary/aromatic N) is 2. The lowest BCUT2D eigenvalue weighted by Crippen LogP contribution is -2.13. The van der Waals surface area contributed by atoms with Gasteiger partial charge in [-0.3, -0.25) is 4.68 Å². The standard InChI is InChI=1S/C12H13F2N3O2S/c1-17-7-8(6-16-17)2-3-20(18,19)12-10(13)4-9(15)5-11(12)14/h4-7H,2-3,15H2,1H3. The molecule has 0 fully saturated rings. The minimum Gasteiger partial charge on any atom is -0.399 e. The van der Waals surface area contributed by atoms with Crippen molar-refractivity contribution in [3.8, 4) is 0 Å². The van der Waals surface area contributed by atoms with Gasteiger partial charge in [0.2, 0.25) is 0 Å². The molecule has 0 aliphatic heterocycles. The molecule has 2 N–H and O–H groups in total. The van der Waals surface area contributed by atoms with Crippen LogP contribution in [-0.4, -0.2) is 24.0 Å². The van der Waals surface area contributed by atoms with Crippen molar-refractivity contribution in [3.63, 3.8) is 0 Å². The zero-order valence-corrected chi connectivity index (χ0v) is 11.5. The third-order valence-electron chi connectivity index (χ3n) is 2.75. The summed E-state index contributed by atoms with van der Waals surface area (Å²) in [5, 5.41) is 3.89. The molecule has 8 heteroatoms. The molecule has 5 nitrogen and oxygen atoms in total. The number of aromatic nitrogens is 2. The molecule has 0 saturated carbocycles. The van der Waals surface area contributed by atoms with Crippen LogP contribution in [0.25, 0.3) is 0 Å². The first-order chi connectivity index (χ1) is 9.29. The Kier molecular flexibility index (Phi) is 3.76. The van der Waals surface area contributed by atoms with Gasteiger partial charge in [-0.15, -0.1) is 0 Å². The lowest BCUT2D eigenvalue weighted by molar-refractivity contribution is 0.520. The highest BCUT2D eigenvalue weighted by atomic mass is 32.2. The van der Waals surface area contributed by atoms with Crippen molar-refractivity contribution in [2.45, 2.75) is 11.3 Å². The molecule has 0 bridgehead atoms. The average Bonchev–Trinajstić information content (AvgIpc) is 2.71. The number of aryl methyl sites for hydroxylation is 2. The molecule has 108 valence electrons. The van der Waals surface area contributed by atoms with Crippen LogP contribution in [0, 0.1) is 11.6 Å². The van der Waals surface area contributed by atoms with Crippen LogP contribution < -0.4 is 5.73 Å². The molecule has 0 unspecified atom stereocenters. The van der Waals surface area contributed by atoms with E-state index in [1.165, 1.54) is 10.9 Å². The number of rotatable bonds is 4. The molecule has 0 aliphatic carbocycles. The topological polar surface area (TPSA) is 78.0 Å². The molecule has 0 radical (unpaired) electrons. The van der Waals surface area contributed by atoms with Gasteiger partial charge in [0, 0.05) is 18.9 Å². The highest BCUT2D eigenvalue weighted by molar-refractivity contribution is 7.91. The van der Waals surface area contributed by atoms with Crippen molar-refractivity contribution in [2.24, 2.45) is 7.05 Å². The summed E-state index contributed by atoms with van der Waals surface area (Å²) in [5.74, 6) is -2.75. The maximum atomic E-state index is 13.6. The Hall–Kier alpha value is -1.96. The fourth-order valence-corrected chi connectivity index (χ4v) is 3.25. The van der Waals surface area contributed by atoms with Crippen molar-refractivity contribution < 1.29 is 17.2 Å². The second kappa shape index (κ2) is 5.20. The SMILES string of the molecule is Cn1cc(CCS(=O)(=O)c2c(F)cc(N)cc2F)cn1. The lowest BCUT2D eigenvalue weighted by atomic mass is 10.3. The van der Waals surface area contributed by atoms with Gasteiger partial charge in [-0.05, 0) is 24.1 Å². The molecule has 1 aromatic heterocycles. The van der Waals surface area contributed by atoms with Gasteiger partial charge in [0.05, 0.1) is 11.9 Å². The molecular formula is C12H13F2N3O2S. The second-order valence-electron chi connectivity index (χ2n) is 4.40. The van der Waals surface area contributed by atoms with E-state index in [0.29, 0.717) is 5.56 Å². The highest BCUT2D eigenvalue weighted by Gasteiger charge is 2.24. The van der Waals surface area contributed by atoms with Gasteiger partial charge < -0.3 is 5.73 Å². The predicted octanol–water partition coefficient (Wildman–Crippen LogP) is 1.30. The van der Waals surface area contributed by atoms with Crippen molar-refractivity contribution in [1.82, 2.24) is 9.78 Å². The van der Waals surface area contributed by atoms with Gasteiger partial charge in [-0.25, -0.2) is 17.2 Å². The first kappa shape index (κ1) is 14.4. The van der Waals surface area contributed by atoms with Crippen molar-refractivity contribution >= 4 is 15.5 Å². The molecule has 1 aromatic carbocycles. The lowest BCUT2D eigenvalue weighted by Gasteiger charge is -2.07. The second-order valence-corrected chi connectivity index (χ2v) is 6.45. The van der Waals surface area contributed by atoms with Gasteiger partial charge in [-0.2, -0.15) is 5.10 Å². The van der Waals surface area contributed by atoms with Crippen LogP contribution in [0.1, 0.15) is 5.56 Å². The third kappa shape index (κ3) is 2.96. The van der Waals surface area contributed by atoms with Gasteiger partial charge in [-0.1, -0.05) is 0 Å². The molecule has 0 saturated heterocycles. The van der Waals surface area contributed by atoms with E-state index in [1.807, 2.05) is 0 Å². The van der Waals surface area contributed by atoms with E-state index < -0.39 is 32.1 Å². The molecule has 0 atom stereocenters. The monoisotopic (exact) mass is 301 g/mol. The first-order valence-electron chi connectivity index (χ1n) is 5.74. The number of hydrogen-bond acceptors (Lipinski definition) is 4. The smallest absolute Gasteiger partial charge is 0.184 e. The number of anilines is 1. The first-order valence-corrected chi connectivity index (χ1v) is 7.39. The minimum absolute atomic E-state index is 0.124. The van der Waals surface area contributed by atoms with Gasteiger partial charge in [0.1, 0.15) is 16.5 Å². The molecule has 0 aliphatic rings. The molecule has 2 aromatic rings. The fourth-order valence-electron chi connectivity index (χ4n) is 1.83. The van der Waals surface area contributed by atoms with Gasteiger partial charge in [0.25, 0.3) is 0 Å². The van der Waals surface area contributed by atoms with Gasteiger partial charge >= 0.3 is 0 Å². The van der Waals surface area contributed by atoms with Crippen LogP contribution in [0.5, 0.6) is 0 Å². The zero-order chi connectivity index (χ0) is 14.9. The highest BCUT2D eigenvalue weighted by Crippen LogP contribution is 2.23. The Bertz CT molecular complexity index is 718. The van der Waals surface area contributed by atoms with Crippen LogP contribution in [0.4, 0.5) is 14.5 Å². The zero-order valence-electron chi connectivity index (χ0n) is 10.7. The van der Waals surface area contributed by atoms with Crippen LogP contribution >= 0.6 is 0 Å². The summed E-state index contributed by atoms with van der Waals surface area (Å²) < 4.78 is 52.8. The van der Waals surface area contributed by atoms with E-state index >= 15 is 0 Å². The summed E-state index contributed by atoms with van der Waals surface area (Å²) in [5.41, 5.74) is 5.77. The summed E-state index contributed by atoms with van der Waals surface area (Å²) in [4.78, 5) is -0.935. The summed E-state index contributed by atoms with van der Waals surface area (Å²) in [6.07, 6.45) is 3.27. The van der Waals surface area contributed by atoms with E-state index in [0.717, 1.165) is 12.1 Å². The van der Waals surface area contributed by atoms with Crippen LogP contribution in [0.3, 0.4) is 0 Å². The maximum Gasteiger partial charge on any atom is 0.184 e. The number of nitrogens with two attached hydrogens (primary N) is 1. The van der Waals surface area contributed by atoms with E-state index in [-0.39, 0.29) is 12.1 Å². The summed E-state index contributed by atoms with van der Waals surface area (Å²) >= 11 is 0. The summed E-state index contributed by atoms with van der Waals surface area (Å²) in [6.45, 7) is 0. The van der Waals surface area contributed by atoms with Crippen molar-refractivity contribution in [3.05, 3.63) is 41.7 Å². The Labute approximate surface area is 114 Å². The number of hydrogen-bond donors (Lipinski definition) is 1. The van der Waals surface area contributed by atoms with Crippen molar-refractivity contribution in [2.75, 3.05) is 11.5 Å². The third-order valence-corrected chi connectivity index (χ3v) is 4.50. The Morgan fingerprint density at radius 3 is 2.40 bits per heavy atom. The number of sulfone groups is 1. The molecular weight excluding hydrogens is 288 g/mol. The average molecular weight is 301 g/mol. The van der Waals surface area contributed by atoms with Gasteiger partial charge in [0.15, 0.2) is 9.84 Å². The van der Waals surface area contributed by atoms with E-state index in [9.17, 15) is 17.2 Å². The molecule has 0 spiro atoms. The normalized spacial score (nSPS) is 11.8. The Morgan fingerprint density at radius 1 is 1.30 bits per heavy atom. The quantitative estimate of drug-likeness (QED) is 0.863. The molecule has 0 amide bonds. The summed E-state index contributed by atoms with van der Waals surface area (Å²) in [7, 11) is -2.38. The Balaban J connectivity index is 2.27. The van der Waals surface area contributed by atoms with Crippen molar-refractivity contribution in [1.29, 1.82) is 0 Å². The number of nitrogen functional groups attached to an aromatic ring is 1. The van der Waals surface area contributed by atoms with E-state index in [4.69, 9.17) is 5.73 Å². The molecule has 20 heavy (non-hydrogen) atoms. The largest absolute Gasteiger partial charge is 0.399 e. The Morgan fingerprint density at radius 2 is 1.90 bits per heavy atom. The minimum atomic E-state index is -4.07. The van der Waals surface area contributed by atoms with Crippen LogP contribution in [-0.2, 0) is 23.3 Å². The summed E-state index contributed by atoms with van der Waals surface area (Å²) in [6, 6.07) is 1.58. The fraction of sp³-hybridized carbons (Fsp3) is 0.250. The maximum absolute atomic E-state index is 13.6. The van der Waals surface area contributed by atoms with Crippen LogP contribution in [0.15, 0.2) is 29.4 Å². The predicted molar refractivity (Wildman–Crippen MR) is 69.7 cm³/mol. The van der Waals surface area contributed by atoms with E-state index in [2.05, 4.69) is 5.10 Å². The number of halogens is 2. The number of benzene rings is 1. The van der Waals surface area contributed by atoms with E-state index in [1.54, 1.807) is 13.2 Å².